The van der Waals surface area contributed by atoms with Gasteiger partial charge in [-0.3, -0.25) is 14.2 Å². The van der Waals surface area contributed by atoms with Crippen molar-refractivity contribution >= 4 is 33.6 Å². The minimum Gasteiger partial charge on any atom is -0.353 e. The van der Waals surface area contributed by atoms with E-state index in [0.29, 0.717) is 22.8 Å². The fourth-order valence-electron chi connectivity index (χ4n) is 3.55. The maximum atomic E-state index is 12.9. The Morgan fingerprint density at radius 3 is 2.53 bits per heavy atom. The normalized spacial score (nSPS) is 12.2. The molecule has 1 aromatic carbocycles. The molecule has 2 rings (SSSR count). The zero-order valence-corrected chi connectivity index (χ0v) is 22.2. The highest BCUT2D eigenvalue weighted by Gasteiger charge is 2.15. The number of nitrogens with one attached hydrogen (secondary N) is 1. The zero-order valence-electron chi connectivity index (χ0n) is 19.8. The van der Waals surface area contributed by atoms with E-state index in [2.05, 4.69) is 45.0 Å². The third-order valence-corrected chi connectivity index (χ3v) is 7.15. The molecule has 1 aromatic heterocycles. The first kappa shape index (κ1) is 26.6. The van der Waals surface area contributed by atoms with Crippen LogP contribution < -0.4 is 10.9 Å². The van der Waals surface area contributed by atoms with Crippen molar-refractivity contribution in [2.24, 2.45) is 7.05 Å². The number of hydrogen-bond donors (Lipinski definition) is 1. The van der Waals surface area contributed by atoms with Gasteiger partial charge in [0.05, 0.1) is 5.75 Å². The van der Waals surface area contributed by atoms with Gasteiger partial charge in [0.1, 0.15) is 0 Å². The molecular weight excluding hydrogens is 488 g/mol. The van der Waals surface area contributed by atoms with Crippen LogP contribution in [0.1, 0.15) is 50.4 Å². The molecule has 1 unspecified atom stereocenters. The average molecular weight is 524 g/mol. The van der Waals surface area contributed by atoms with Gasteiger partial charge in [-0.25, -0.2) is 4.98 Å². The molecular formula is C24H35BrN4O2S. The van der Waals surface area contributed by atoms with E-state index >= 15 is 0 Å². The van der Waals surface area contributed by atoms with Gasteiger partial charge in [0.15, 0.2) is 5.16 Å². The van der Waals surface area contributed by atoms with E-state index in [1.807, 2.05) is 38.1 Å². The van der Waals surface area contributed by atoms with E-state index < -0.39 is 0 Å². The van der Waals surface area contributed by atoms with Gasteiger partial charge in [-0.15, -0.1) is 0 Å². The summed E-state index contributed by atoms with van der Waals surface area (Å²) in [6.07, 6.45) is 2.55. The highest BCUT2D eigenvalue weighted by atomic mass is 79.9. The van der Waals surface area contributed by atoms with Crippen LogP contribution in [-0.2, 0) is 18.3 Å². The van der Waals surface area contributed by atoms with Crippen LogP contribution in [-0.4, -0.2) is 51.8 Å². The number of amides is 1. The number of thioether (sulfide) groups is 1. The second-order valence-corrected chi connectivity index (χ2v) is 9.91. The fourth-order valence-corrected chi connectivity index (χ4v) is 4.63. The van der Waals surface area contributed by atoms with Crippen LogP contribution in [0, 0.1) is 6.92 Å². The Labute approximate surface area is 204 Å². The lowest BCUT2D eigenvalue weighted by Crippen LogP contribution is -2.35. The second-order valence-electron chi connectivity index (χ2n) is 8.05. The molecule has 0 radical (unpaired) electrons. The summed E-state index contributed by atoms with van der Waals surface area (Å²) in [6, 6.07) is 8.06. The van der Waals surface area contributed by atoms with E-state index in [4.69, 9.17) is 0 Å². The summed E-state index contributed by atoms with van der Waals surface area (Å²) < 4.78 is 2.55. The number of benzene rings is 1. The van der Waals surface area contributed by atoms with Crippen LogP contribution in [0.5, 0.6) is 0 Å². The molecule has 0 saturated carbocycles. The van der Waals surface area contributed by atoms with Crippen molar-refractivity contribution in [3.8, 4) is 0 Å². The summed E-state index contributed by atoms with van der Waals surface area (Å²) in [6.45, 7) is 11.4. The highest BCUT2D eigenvalue weighted by molar-refractivity contribution is 9.10. The highest BCUT2D eigenvalue weighted by Crippen LogP contribution is 2.18. The van der Waals surface area contributed by atoms with Gasteiger partial charge in [0.2, 0.25) is 5.91 Å². The molecule has 176 valence electrons. The first-order chi connectivity index (χ1) is 15.2. The molecule has 0 aliphatic carbocycles. The summed E-state index contributed by atoms with van der Waals surface area (Å²) in [7, 11) is 1.72. The molecule has 0 spiro atoms. The number of carbonyl (C=O) groups is 1. The standard InChI is InChI=1S/C24H35BrN4O2S/c1-6-29(7-2)14-8-9-17(3)26-22(30)16-32-24-27-18(4)21(23(31)28(24)5)15-19-10-12-20(25)13-11-19/h10-13,17H,6-9,14-16H2,1-5H3,(H,26,30). The monoisotopic (exact) mass is 522 g/mol. The number of nitrogens with zero attached hydrogens (tertiary/aromatic N) is 3. The molecule has 0 fully saturated rings. The Morgan fingerprint density at radius 2 is 1.91 bits per heavy atom. The van der Waals surface area contributed by atoms with Crippen LogP contribution in [0.3, 0.4) is 0 Å². The predicted octanol–water partition coefficient (Wildman–Crippen LogP) is 4.16. The molecule has 2 aromatic rings. The van der Waals surface area contributed by atoms with Crippen molar-refractivity contribution in [2.75, 3.05) is 25.4 Å². The van der Waals surface area contributed by atoms with E-state index in [0.717, 1.165) is 42.5 Å². The van der Waals surface area contributed by atoms with Gasteiger partial charge in [-0.05, 0) is 64.0 Å². The third-order valence-electron chi connectivity index (χ3n) is 5.59. The molecule has 1 N–H and O–H groups in total. The first-order valence-electron chi connectivity index (χ1n) is 11.2. The minimum absolute atomic E-state index is 0.0313. The van der Waals surface area contributed by atoms with Crippen molar-refractivity contribution < 1.29 is 4.79 Å². The molecule has 0 bridgehead atoms. The summed E-state index contributed by atoms with van der Waals surface area (Å²) >= 11 is 4.74. The Morgan fingerprint density at radius 1 is 1.25 bits per heavy atom. The number of hydrogen-bond acceptors (Lipinski definition) is 5. The lowest BCUT2D eigenvalue weighted by atomic mass is 10.1. The lowest BCUT2D eigenvalue weighted by Gasteiger charge is -2.19. The van der Waals surface area contributed by atoms with E-state index in [1.54, 1.807) is 11.6 Å². The zero-order chi connectivity index (χ0) is 23.7. The van der Waals surface area contributed by atoms with Crippen molar-refractivity contribution in [3.05, 3.63) is 55.9 Å². The summed E-state index contributed by atoms with van der Waals surface area (Å²) in [4.78, 5) is 32.3. The van der Waals surface area contributed by atoms with Gasteiger partial charge in [-0.2, -0.15) is 0 Å². The maximum Gasteiger partial charge on any atom is 0.257 e. The molecule has 8 heteroatoms. The van der Waals surface area contributed by atoms with Crippen LogP contribution >= 0.6 is 27.7 Å². The van der Waals surface area contributed by atoms with Gasteiger partial charge >= 0.3 is 0 Å². The first-order valence-corrected chi connectivity index (χ1v) is 13.0. The number of aryl methyl sites for hydroxylation is 1. The van der Waals surface area contributed by atoms with Crippen LogP contribution in [0.4, 0.5) is 0 Å². The number of halogens is 1. The van der Waals surface area contributed by atoms with E-state index in [1.165, 1.54) is 11.8 Å². The minimum atomic E-state index is -0.0619. The van der Waals surface area contributed by atoms with Gasteiger partial charge in [-0.1, -0.05) is 53.7 Å². The SMILES string of the molecule is CCN(CC)CCCC(C)NC(=O)CSc1nc(C)c(Cc2ccc(Br)cc2)c(=O)n1C. The second kappa shape index (κ2) is 13.2. The quantitative estimate of drug-likeness (QED) is 0.334. The Hall–Kier alpha value is -1.64. The molecule has 6 nitrogen and oxygen atoms in total. The summed E-state index contributed by atoms with van der Waals surface area (Å²) in [5, 5.41) is 3.63. The van der Waals surface area contributed by atoms with E-state index in [-0.39, 0.29) is 23.3 Å². The molecule has 1 amide bonds. The molecule has 32 heavy (non-hydrogen) atoms. The fraction of sp³-hybridized carbons (Fsp3) is 0.542. The lowest BCUT2D eigenvalue weighted by molar-refractivity contribution is -0.119. The van der Waals surface area contributed by atoms with Crippen LogP contribution in [0.15, 0.2) is 38.7 Å². The van der Waals surface area contributed by atoms with Crippen LogP contribution in [0.2, 0.25) is 0 Å². The Balaban J connectivity index is 1.92. The Bertz CT molecular complexity index is 942. The van der Waals surface area contributed by atoms with Crippen molar-refractivity contribution in [1.29, 1.82) is 0 Å². The smallest absolute Gasteiger partial charge is 0.257 e. The van der Waals surface area contributed by atoms with Crippen molar-refractivity contribution in [1.82, 2.24) is 19.8 Å². The maximum absolute atomic E-state index is 12.9. The molecule has 0 aliphatic heterocycles. The number of rotatable bonds is 12. The summed E-state index contributed by atoms with van der Waals surface area (Å²) in [5.74, 6) is 0.211. The topological polar surface area (TPSA) is 67.2 Å². The van der Waals surface area contributed by atoms with Gasteiger partial charge in [0.25, 0.3) is 5.56 Å². The molecule has 0 aliphatic rings. The van der Waals surface area contributed by atoms with E-state index in [9.17, 15) is 9.59 Å². The third kappa shape index (κ3) is 8.05. The molecule has 1 heterocycles. The van der Waals surface area contributed by atoms with Crippen molar-refractivity contribution in [3.63, 3.8) is 0 Å². The van der Waals surface area contributed by atoms with Gasteiger partial charge in [0, 0.05) is 35.2 Å². The molecule has 0 saturated heterocycles. The number of aromatic nitrogens is 2. The largest absolute Gasteiger partial charge is 0.353 e. The van der Waals surface area contributed by atoms with Gasteiger partial charge < -0.3 is 10.2 Å². The van der Waals surface area contributed by atoms with Crippen LogP contribution in [0.25, 0.3) is 0 Å². The number of carbonyl (C=O) groups excluding carboxylic acids is 1. The molecule has 1 atom stereocenters. The summed E-state index contributed by atoms with van der Waals surface area (Å²) in [5.41, 5.74) is 2.40. The average Bonchev–Trinajstić information content (AvgIpc) is 2.77. The predicted molar refractivity (Wildman–Crippen MR) is 137 cm³/mol. The van der Waals surface area contributed by atoms with Crippen molar-refractivity contribution in [2.45, 2.75) is 58.2 Å². The Kier molecular flexibility index (Phi) is 10.9.